The van der Waals surface area contributed by atoms with Crippen LogP contribution in [0.1, 0.15) is 58.4 Å². The third-order valence-electron chi connectivity index (χ3n) is 6.66. The quantitative estimate of drug-likeness (QED) is 0.233. The van der Waals surface area contributed by atoms with E-state index in [0.717, 1.165) is 59.6 Å². The van der Waals surface area contributed by atoms with E-state index in [9.17, 15) is 0 Å². The standard InChI is InChI=1S/C17H22N2.C15H18N2/c1-3-14-10-12(5-7-16(14)18)9-13-6-8-17(19)15(4-2)11-13;1-10-7-12(3-5-14(10)16)9-13-4-6-15(17)11(2)8-13/h5-8,10-11H,3-4,9,18-19H2,1-2H3;3-8H,9,16-17H2,1-2H3. The highest BCUT2D eigenvalue weighted by Crippen LogP contribution is 2.21. The molecular weight excluding hydrogens is 440 g/mol. The molecule has 0 saturated carbocycles. The lowest BCUT2D eigenvalue weighted by Crippen LogP contribution is -1.98. The van der Waals surface area contributed by atoms with Crippen LogP contribution in [0, 0.1) is 13.8 Å². The summed E-state index contributed by atoms with van der Waals surface area (Å²) in [6.45, 7) is 8.34. The third kappa shape index (κ3) is 7.05. The third-order valence-corrected chi connectivity index (χ3v) is 6.66. The van der Waals surface area contributed by atoms with E-state index >= 15 is 0 Å². The zero-order valence-electron chi connectivity index (χ0n) is 22.1. The number of rotatable bonds is 6. The van der Waals surface area contributed by atoms with Gasteiger partial charge in [-0.15, -0.1) is 0 Å². The average molecular weight is 481 g/mol. The van der Waals surface area contributed by atoms with E-state index in [-0.39, 0.29) is 0 Å². The van der Waals surface area contributed by atoms with Gasteiger partial charge >= 0.3 is 0 Å². The predicted molar refractivity (Wildman–Crippen MR) is 157 cm³/mol. The number of benzene rings is 4. The van der Waals surface area contributed by atoms with Crippen molar-refractivity contribution in [3.63, 3.8) is 0 Å². The van der Waals surface area contributed by atoms with E-state index in [1.54, 1.807) is 0 Å². The van der Waals surface area contributed by atoms with E-state index in [1.807, 2.05) is 38.1 Å². The second kappa shape index (κ2) is 12.2. The second-order valence-electron chi connectivity index (χ2n) is 9.51. The van der Waals surface area contributed by atoms with Crippen molar-refractivity contribution < 1.29 is 0 Å². The number of aryl methyl sites for hydroxylation is 4. The molecule has 0 bridgehead atoms. The molecular formula is C32H40N4. The Hall–Kier alpha value is -3.92. The van der Waals surface area contributed by atoms with Crippen molar-refractivity contribution >= 4 is 22.7 Å². The van der Waals surface area contributed by atoms with Crippen molar-refractivity contribution in [1.29, 1.82) is 0 Å². The Morgan fingerprint density at radius 2 is 0.750 bits per heavy atom. The van der Waals surface area contributed by atoms with Crippen LogP contribution < -0.4 is 22.9 Å². The summed E-state index contributed by atoms with van der Waals surface area (Å²) in [4.78, 5) is 0. The maximum atomic E-state index is 5.94. The van der Waals surface area contributed by atoms with E-state index in [0.29, 0.717) is 0 Å². The molecule has 4 rings (SSSR count). The molecule has 0 radical (unpaired) electrons. The molecule has 0 aliphatic carbocycles. The zero-order valence-corrected chi connectivity index (χ0v) is 22.1. The Kier molecular flexibility index (Phi) is 9.02. The molecule has 0 atom stereocenters. The molecule has 0 saturated heterocycles. The maximum absolute atomic E-state index is 5.94. The molecule has 0 aliphatic rings. The molecule has 4 aromatic carbocycles. The largest absolute Gasteiger partial charge is 0.399 e. The van der Waals surface area contributed by atoms with E-state index in [2.05, 4.69) is 62.4 Å². The highest BCUT2D eigenvalue weighted by atomic mass is 14.6. The molecule has 4 aromatic rings. The Bertz CT molecular complexity index is 1220. The van der Waals surface area contributed by atoms with Crippen molar-refractivity contribution in [3.05, 3.63) is 117 Å². The van der Waals surface area contributed by atoms with Gasteiger partial charge in [0.2, 0.25) is 0 Å². The minimum Gasteiger partial charge on any atom is -0.399 e. The van der Waals surface area contributed by atoms with Gasteiger partial charge in [-0.25, -0.2) is 0 Å². The molecule has 36 heavy (non-hydrogen) atoms. The van der Waals surface area contributed by atoms with Crippen LogP contribution in [0.4, 0.5) is 22.7 Å². The number of hydrogen-bond acceptors (Lipinski definition) is 4. The zero-order chi connectivity index (χ0) is 26.2. The van der Waals surface area contributed by atoms with Crippen LogP contribution in [0.3, 0.4) is 0 Å². The van der Waals surface area contributed by atoms with Crippen LogP contribution in [0.2, 0.25) is 0 Å². The Morgan fingerprint density at radius 1 is 0.444 bits per heavy atom. The fourth-order valence-corrected chi connectivity index (χ4v) is 4.32. The molecule has 0 aromatic heterocycles. The van der Waals surface area contributed by atoms with E-state index in [1.165, 1.54) is 33.4 Å². The molecule has 0 amide bonds. The van der Waals surface area contributed by atoms with Crippen LogP contribution >= 0.6 is 0 Å². The highest BCUT2D eigenvalue weighted by Gasteiger charge is 2.04. The normalized spacial score (nSPS) is 10.6. The van der Waals surface area contributed by atoms with Crippen LogP contribution in [0.25, 0.3) is 0 Å². The summed E-state index contributed by atoms with van der Waals surface area (Å²) in [7, 11) is 0. The van der Waals surface area contributed by atoms with Gasteiger partial charge in [-0.2, -0.15) is 0 Å². The van der Waals surface area contributed by atoms with Crippen LogP contribution in [-0.4, -0.2) is 0 Å². The number of nitrogen functional groups attached to an aromatic ring is 4. The van der Waals surface area contributed by atoms with Gasteiger partial charge in [-0.05, 0) is 108 Å². The first-order valence-corrected chi connectivity index (χ1v) is 12.6. The van der Waals surface area contributed by atoms with Crippen molar-refractivity contribution in [2.24, 2.45) is 0 Å². The molecule has 0 fully saturated rings. The second-order valence-corrected chi connectivity index (χ2v) is 9.51. The van der Waals surface area contributed by atoms with Gasteiger partial charge in [0.15, 0.2) is 0 Å². The summed E-state index contributed by atoms with van der Waals surface area (Å²) in [6, 6.07) is 25.0. The Labute approximate surface area is 216 Å². The molecule has 8 N–H and O–H groups in total. The fourth-order valence-electron chi connectivity index (χ4n) is 4.32. The van der Waals surface area contributed by atoms with Crippen molar-refractivity contribution in [2.45, 2.75) is 53.4 Å². The molecule has 4 heteroatoms. The van der Waals surface area contributed by atoms with E-state index in [4.69, 9.17) is 22.9 Å². The lowest BCUT2D eigenvalue weighted by atomic mass is 9.98. The van der Waals surface area contributed by atoms with Crippen molar-refractivity contribution in [2.75, 3.05) is 22.9 Å². The van der Waals surface area contributed by atoms with E-state index < -0.39 is 0 Å². The van der Waals surface area contributed by atoms with Gasteiger partial charge in [0, 0.05) is 22.7 Å². The molecule has 0 aliphatic heterocycles. The molecule has 0 unspecified atom stereocenters. The van der Waals surface area contributed by atoms with Gasteiger partial charge in [0.05, 0.1) is 0 Å². The molecule has 4 nitrogen and oxygen atoms in total. The van der Waals surface area contributed by atoms with Gasteiger partial charge in [0.25, 0.3) is 0 Å². The van der Waals surface area contributed by atoms with Gasteiger partial charge in [0.1, 0.15) is 0 Å². The van der Waals surface area contributed by atoms with Crippen LogP contribution in [0.5, 0.6) is 0 Å². The fraction of sp³-hybridized carbons (Fsp3) is 0.250. The van der Waals surface area contributed by atoms with Crippen LogP contribution in [-0.2, 0) is 25.7 Å². The lowest BCUT2D eigenvalue weighted by Gasteiger charge is -2.09. The molecule has 0 heterocycles. The molecule has 188 valence electrons. The first-order valence-electron chi connectivity index (χ1n) is 12.6. The summed E-state index contributed by atoms with van der Waals surface area (Å²) in [5.74, 6) is 0. The minimum absolute atomic E-state index is 0.849. The Balaban J connectivity index is 0.000000202. The summed E-state index contributed by atoms with van der Waals surface area (Å²) >= 11 is 0. The predicted octanol–water partition coefficient (Wildman–Crippen LogP) is 6.63. The highest BCUT2D eigenvalue weighted by molar-refractivity contribution is 5.52. The van der Waals surface area contributed by atoms with Crippen molar-refractivity contribution in [1.82, 2.24) is 0 Å². The molecule has 0 spiro atoms. The summed E-state index contributed by atoms with van der Waals surface area (Å²) in [5, 5.41) is 0. The maximum Gasteiger partial charge on any atom is 0.0346 e. The number of nitrogens with two attached hydrogens (primary N) is 4. The first kappa shape index (κ1) is 26.7. The van der Waals surface area contributed by atoms with Gasteiger partial charge < -0.3 is 22.9 Å². The van der Waals surface area contributed by atoms with Crippen LogP contribution in [0.15, 0.2) is 72.8 Å². The smallest absolute Gasteiger partial charge is 0.0346 e. The summed E-state index contributed by atoms with van der Waals surface area (Å²) < 4.78 is 0. The van der Waals surface area contributed by atoms with Gasteiger partial charge in [-0.3, -0.25) is 0 Å². The SMILES string of the molecule is CCc1cc(Cc2ccc(N)c(CC)c2)ccc1N.Cc1cc(Cc2ccc(N)c(C)c2)ccc1N. The van der Waals surface area contributed by atoms with Gasteiger partial charge in [-0.1, -0.05) is 62.4 Å². The monoisotopic (exact) mass is 480 g/mol. The minimum atomic E-state index is 0.849. The summed E-state index contributed by atoms with van der Waals surface area (Å²) in [6.07, 6.45) is 3.80. The average Bonchev–Trinajstić information content (AvgIpc) is 2.86. The number of anilines is 4. The first-order chi connectivity index (χ1) is 17.2. The lowest BCUT2D eigenvalue weighted by molar-refractivity contribution is 1.09. The number of hydrogen-bond donors (Lipinski definition) is 4. The van der Waals surface area contributed by atoms with Crippen molar-refractivity contribution in [3.8, 4) is 0 Å². The Morgan fingerprint density at radius 3 is 1.06 bits per heavy atom. The summed E-state index contributed by atoms with van der Waals surface area (Å²) in [5.41, 5.74) is 36.9. The topological polar surface area (TPSA) is 104 Å².